The van der Waals surface area contributed by atoms with Crippen molar-refractivity contribution in [3.05, 3.63) is 35.5 Å². The third kappa shape index (κ3) is 3.72. The van der Waals surface area contributed by atoms with Crippen LogP contribution in [0.1, 0.15) is 12.1 Å². The monoisotopic (exact) mass is 363 g/mol. The molecule has 2 aromatic rings. The number of hydrogen-bond donors (Lipinski definition) is 3. The van der Waals surface area contributed by atoms with Gasteiger partial charge in [0.1, 0.15) is 6.04 Å². The molecule has 2 amide bonds. The van der Waals surface area contributed by atoms with Crippen LogP contribution in [0.4, 0.5) is 4.79 Å². The molecule has 1 fully saturated rings. The number of hydroxylamine groups is 1. The van der Waals surface area contributed by atoms with Gasteiger partial charge in [0, 0.05) is 6.42 Å². The summed E-state index contributed by atoms with van der Waals surface area (Å²) in [6.45, 7) is 1.84. The number of rotatable bonds is 4. The Balaban J connectivity index is 1.61. The van der Waals surface area contributed by atoms with Crippen LogP contribution in [0.2, 0.25) is 0 Å². The molecule has 25 heavy (non-hydrogen) atoms. The van der Waals surface area contributed by atoms with Gasteiger partial charge in [0.15, 0.2) is 5.75 Å². The Bertz CT molecular complexity index is 776. The molecule has 1 aromatic carbocycles. The molecule has 132 valence electrons. The maximum atomic E-state index is 12.1. The van der Waals surface area contributed by atoms with Crippen molar-refractivity contribution in [2.75, 3.05) is 6.54 Å². The van der Waals surface area contributed by atoms with E-state index in [1.165, 1.54) is 0 Å². The molecule has 0 aliphatic carbocycles. The maximum absolute atomic E-state index is 12.1. The van der Waals surface area contributed by atoms with E-state index >= 15 is 0 Å². The summed E-state index contributed by atoms with van der Waals surface area (Å²) in [5, 5.41) is 18.6. The topological polar surface area (TPSA) is 112 Å². The number of carboxylic acid groups (broad SMARTS) is 1. The lowest BCUT2D eigenvalue weighted by molar-refractivity contribution is -0.131. The smallest absolute Gasteiger partial charge is 0.408 e. The summed E-state index contributed by atoms with van der Waals surface area (Å²) in [6.07, 6.45) is -2.06. The average molecular weight is 363 g/mol. The fraction of sp³-hybridized carbons (Fsp3) is 0.312. The van der Waals surface area contributed by atoms with Gasteiger partial charge in [-0.25, -0.2) is 9.78 Å². The predicted molar refractivity (Wildman–Crippen MR) is 90.2 cm³/mol. The molecule has 2 heterocycles. The Labute approximate surface area is 147 Å². The highest BCUT2D eigenvalue weighted by Gasteiger charge is 2.39. The standard InChI is InChI=1S/C16H17N3O5S/c1-9-14(25-8-17-9)10-2-4-12(5-3-10)24-18-15(21)13-6-11(20)7-19(13)16(22)23/h2-5,8,11,13,20H,6-7H2,1H3,(H,18,21)(H,22,23)/t11-,13+/m1/s1. The van der Waals surface area contributed by atoms with Gasteiger partial charge < -0.3 is 15.1 Å². The van der Waals surface area contributed by atoms with Crippen molar-refractivity contribution >= 4 is 23.3 Å². The number of aromatic nitrogens is 1. The summed E-state index contributed by atoms with van der Waals surface area (Å²) in [6, 6.07) is 6.14. The molecule has 0 spiro atoms. The molecule has 1 aliphatic heterocycles. The van der Waals surface area contributed by atoms with Gasteiger partial charge in [0.2, 0.25) is 0 Å². The van der Waals surface area contributed by atoms with Gasteiger partial charge in [-0.3, -0.25) is 9.69 Å². The molecule has 0 unspecified atom stereocenters. The number of likely N-dealkylation sites (tertiary alicyclic amines) is 1. The molecule has 1 aromatic heterocycles. The van der Waals surface area contributed by atoms with E-state index in [1.807, 2.05) is 19.1 Å². The second kappa shape index (κ2) is 7.08. The number of β-amino-alcohol motifs (C(OH)–C–C–N with tert-alkyl or cyclic N) is 1. The lowest BCUT2D eigenvalue weighted by Crippen LogP contribution is -2.46. The van der Waals surface area contributed by atoms with Gasteiger partial charge >= 0.3 is 6.09 Å². The number of aliphatic hydroxyl groups excluding tert-OH is 1. The van der Waals surface area contributed by atoms with Crippen molar-refractivity contribution < 1.29 is 24.6 Å². The lowest BCUT2D eigenvalue weighted by Gasteiger charge is -2.20. The fourth-order valence-corrected chi connectivity index (χ4v) is 3.52. The number of carbonyl (C=O) groups excluding carboxylic acids is 1. The molecule has 9 heteroatoms. The van der Waals surface area contributed by atoms with Crippen molar-refractivity contribution in [2.45, 2.75) is 25.5 Å². The van der Waals surface area contributed by atoms with E-state index in [0.717, 1.165) is 21.0 Å². The van der Waals surface area contributed by atoms with Gasteiger partial charge in [0.05, 0.1) is 28.7 Å². The van der Waals surface area contributed by atoms with Crippen LogP contribution < -0.4 is 10.3 Å². The maximum Gasteiger partial charge on any atom is 0.408 e. The number of carbonyl (C=O) groups is 2. The zero-order valence-electron chi connectivity index (χ0n) is 13.4. The third-order valence-corrected chi connectivity index (χ3v) is 4.94. The van der Waals surface area contributed by atoms with E-state index in [4.69, 9.17) is 9.94 Å². The molecule has 1 aliphatic rings. The van der Waals surface area contributed by atoms with Crippen LogP contribution in [-0.2, 0) is 4.79 Å². The molecular weight excluding hydrogens is 346 g/mol. The number of thiazole rings is 1. The Morgan fingerprint density at radius 1 is 1.36 bits per heavy atom. The highest BCUT2D eigenvalue weighted by molar-refractivity contribution is 7.13. The van der Waals surface area contributed by atoms with E-state index in [9.17, 15) is 14.7 Å². The first-order chi connectivity index (χ1) is 12.0. The Kier molecular flexibility index (Phi) is 4.86. The number of nitrogens with zero attached hydrogens (tertiary/aromatic N) is 2. The summed E-state index contributed by atoms with van der Waals surface area (Å²) in [5.41, 5.74) is 5.96. The zero-order valence-corrected chi connectivity index (χ0v) is 14.2. The first kappa shape index (κ1) is 17.2. The summed E-state index contributed by atoms with van der Waals surface area (Å²) in [4.78, 5) is 34.6. The van der Waals surface area contributed by atoms with Crippen LogP contribution in [0.25, 0.3) is 10.4 Å². The van der Waals surface area contributed by atoms with Gasteiger partial charge in [-0.15, -0.1) is 11.3 Å². The summed E-state index contributed by atoms with van der Waals surface area (Å²) < 4.78 is 0. The fourth-order valence-electron chi connectivity index (χ4n) is 2.70. The number of aryl methyl sites for hydroxylation is 1. The number of amides is 2. The first-order valence-corrected chi connectivity index (χ1v) is 8.48. The van der Waals surface area contributed by atoms with Crippen LogP contribution in [0.15, 0.2) is 29.8 Å². The Hall–Kier alpha value is -2.65. The molecule has 0 radical (unpaired) electrons. The Morgan fingerprint density at radius 3 is 2.68 bits per heavy atom. The second-order valence-electron chi connectivity index (χ2n) is 5.70. The molecule has 0 bridgehead atoms. The van der Waals surface area contributed by atoms with E-state index in [1.54, 1.807) is 29.0 Å². The zero-order chi connectivity index (χ0) is 18.0. The minimum Gasteiger partial charge on any atom is -0.465 e. The van der Waals surface area contributed by atoms with Crippen molar-refractivity contribution in [3.63, 3.8) is 0 Å². The quantitative estimate of drug-likeness (QED) is 0.712. The highest BCUT2D eigenvalue weighted by Crippen LogP contribution is 2.28. The van der Waals surface area contributed by atoms with Gasteiger partial charge in [-0.05, 0) is 36.8 Å². The average Bonchev–Trinajstić information content (AvgIpc) is 3.19. The van der Waals surface area contributed by atoms with E-state index in [2.05, 4.69) is 10.5 Å². The highest BCUT2D eigenvalue weighted by atomic mass is 32.1. The van der Waals surface area contributed by atoms with Gasteiger partial charge in [-0.2, -0.15) is 5.48 Å². The van der Waals surface area contributed by atoms with E-state index < -0.39 is 24.1 Å². The minimum atomic E-state index is -1.25. The second-order valence-corrected chi connectivity index (χ2v) is 6.55. The van der Waals surface area contributed by atoms with Crippen molar-refractivity contribution in [3.8, 4) is 16.2 Å². The number of benzene rings is 1. The van der Waals surface area contributed by atoms with Gasteiger partial charge in [-0.1, -0.05) is 0 Å². The largest absolute Gasteiger partial charge is 0.465 e. The molecule has 8 nitrogen and oxygen atoms in total. The third-order valence-electron chi connectivity index (χ3n) is 3.96. The SMILES string of the molecule is Cc1ncsc1-c1ccc(ONC(=O)[C@@H]2C[C@@H](O)CN2C(=O)O)cc1. The molecular formula is C16H17N3O5S. The van der Waals surface area contributed by atoms with Crippen molar-refractivity contribution in [2.24, 2.45) is 0 Å². The van der Waals surface area contributed by atoms with E-state index in [-0.39, 0.29) is 13.0 Å². The number of nitrogens with one attached hydrogen (secondary N) is 1. The Morgan fingerprint density at radius 2 is 2.08 bits per heavy atom. The van der Waals surface area contributed by atoms with Crippen LogP contribution in [0.3, 0.4) is 0 Å². The molecule has 3 rings (SSSR count). The predicted octanol–water partition coefficient (Wildman–Crippen LogP) is 1.64. The van der Waals surface area contributed by atoms with Crippen LogP contribution in [0.5, 0.6) is 5.75 Å². The molecule has 1 saturated heterocycles. The molecule has 2 atom stereocenters. The van der Waals surface area contributed by atoms with Crippen LogP contribution >= 0.6 is 11.3 Å². The van der Waals surface area contributed by atoms with Gasteiger partial charge in [0.25, 0.3) is 5.91 Å². The summed E-state index contributed by atoms with van der Waals surface area (Å²) in [7, 11) is 0. The molecule has 0 saturated carbocycles. The van der Waals surface area contributed by atoms with E-state index in [0.29, 0.717) is 5.75 Å². The lowest BCUT2D eigenvalue weighted by atomic mass is 10.1. The van der Waals surface area contributed by atoms with Crippen LogP contribution in [-0.4, -0.2) is 50.8 Å². The van der Waals surface area contributed by atoms with Crippen LogP contribution in [0, 0.1) is 6.92 Å². The number of aliphatic hydroxyl groups is 1. The first-order valence-electron chi connectivity index (χ1n) is 7.60. The summed E-state index contributed by atoms with van der Waals surface area (Å²) >= 11 is 1.54. The summed E-state index contributed by atoms with van der Waals surface area (Å²) in [5.74, 6) is -0.194. The molecule has 3 N–H and O–H groups in total. The minimum absolute atomic E-state index is 0.0467. The normalized spacial score (nSPS) is 19.7. The van der Waals surface area contributed by atoms with Crippen molar-refractivity contribution in [1.82, 2.24) is 15.4 Å². The number of hydrogen-bond acceptors (Lipinski definition) is 6. The van der Waals surface area contributed by atoms with Crippen molar-refractivity contribution in [1.29, 1.82) is 0 Å².